The van der Waals surface area contributed by atoms with Gasteiger partial charge in [0.1, 0.15) is 0 Å². The molecular formula is C11H22F3NO2. The van der Waals surface area contributed by atoms with Crippen molar-refractivity contribution in [3.63, 3.8) is 0 Å². The third-order valence-electron chi connectivity index (χ3n) is 2.00. The van der Waals surface area contributed by atoms with E-state index in [1.165, 1.54) is 6.92 Å². The SMILES string of the molecule is CC(C)COCC(O)CNC(C)CC(F)(F)F. The molecule has 0 saturated heterocycles. The highest BCUT2D eigenvalue weighted by Gasteiger charge is 2.29. The Morgan fingerprint density at radius 1 is 1.18 bits per heavy atom. The van der Waals surface area contributed by atoms with Crippen LogP contribution in [0.15, 0.2) is 0 Å². The topological polar surface area (TPSA) is 41.5 Å². The molecule has 0 aromatic rings. The summed E-state index contributed by atoms with van der Waals surface area (Å²) in [5.74, 6) is 0.374. The van der Waals surface area contributed by atoms with Crippen LogP contribution in [-0.2, 0) is 4.74 Å². The van der Waals surface area contributed by atoms with Crippen LogP contribution in [0.4, 0.5) is 13.2 Å². The molecule has 0 heterocycles. The lowest BCUT2D eigenvalue weighted by Gasteiger charge is -2.18. The number of hydrogen-bond acceptors (Lipinski definition) is 3. The number of ether oxygens (including phenoxy) is 1. The van der Waals surface area contributed by atoms with Gasteiger partial charge in [-0.2, -0.15) is 13.2 Å². The summed E-state index contributed by atoms with van der Waals surface area (Å²) >= 11 is 0. The molecule has 0 aliphatic rings. The van der Waals surface area contributed by atoms with Crippen molar-refractivity contribution < 1.29 is 23.0 Å². The minimum atomic E-state index is -4.18. The van der Waals surface area contributed by atoms with Crippen LogP contribution in [0.3, 0.4) is 0 Å². The summed E-state index contributed by atoms with van der Waals surface area (Å²) in [5.41, 5.74) is 0. The Morgan fingerprint density at radius 3 is 2.24 bits per heavy atom. The van der Waals surface area contributed by atoms with Gasteiger partial charge in [0.05, 0.1) is 19.1 Å². The number of alkyl halides is 3. The highest BCUT2D eigenvalue weighted by Crippen LogP contribution is 2.21. The van der Waals surface area contributed by atoms with Crippen LogP contribution in [0.25, 0.3) is 0 Å². The highest BCUT2D eigenvalue weighted by molar-refractivity contribution is 4.68. The monoisotopic (exact) mass is 257 g/mol. The Balaban J connectivity index is 3.59. The quantitative estimate of drug-likeness (QED) is 0.698. The summed E-state index contributed by atoms with van der Waals surface area (Å²) in [6.07, 6.45) is -5.85. The van der Waals surface area contributed by atoms with Crippen molar-refractivity contribution in [3.8, 4) is 0 Å². The van der Waals surface area contributed by atoms with Gasteiger partial charge in [-0.15, -0.1) is 0 Å². The van der Waals surface area contributed by atoms with Gasteiger partial charge in [-0.1, -0.05) is 13.8 Å². The van der Waals surface area contributed by atoms with E-state index >= 15 is 0 Å². The van der Waals surface area contributed by atoms with E-state index in [1.807, 2.05) is 13.8 Å². The predicted octanol–water partition coefficient (Wildman–Crippen LogP) is 1.95. The second kappa shape index (κ2) is 7.89. The Morgan fingerprint density at radius 2 is 1.76 bits per heavy atom. The molecule has 0 amide bonds. The molecule has 0 aliphatic heterocycles. The first kappa shape index (κ1) is 16.7. The second-order valence-corrected chi connectivity index (χ2v) is 4.71. The van der Waals surface area contributed by atoms with E-state index in [2.05, 4.69) is 5.32 Å². The average molecular weight is 257 g/mol. The van der Waals surface area contributed by atoms with Crippen molar-refractivity contribution >= 4 is 0 Å². The zero-order valence-electron chi connectivity index (χ0n) is 10.5. The summed E-state index contributed by atoms with van der Waals surface area (Å²) in [5, 5.41) is 12.1. The molecule has 0 spiro atoms. The van der Waals surface area contributed by atoms with Crippen LogP contribution in [-0.4, -0.2) is 43.2 Å². The molecule has 0 radical (unpaired) electrons. The van der Waals surface area contributed by atoms with E-state index in [0.717, 1.165) is 0 Å². The molecule has 0 bridgehead atoms. The number of nitrogens with one attached hydrogen (secondary N) is 1. The lowest BCUT2D eigenvalue weighted by Crippen LogP contribution is -2.38. The molecule has 2 atom stereocenters. The number of aliphatic hydroxyl groups excluding tert-OH is 1. The van der Waals surface area contributed by atoms with Gasteiger partial charge in [-0.05, 0) is 12.8 Å². The minimum absolute atomic E-state index is 0.106. The fourth-order valence-corrected chi connectivity index (χ4v) is 1.26. The zero-order valence-corrected chi connectivity index (χ0v) is 10.5. The highest BCUT2D eigenvalue weighted by atomic mass is 19.4. The average Bonchev–Trinajstić information content (AvgIpc) is 2.11. The summed E-state index contributed by atoms with van der Waals surface area (Å²) in [4.78, 5) is 0. The number of aliphatic hydroxyl groups is 1. The Kier molecular flexibility index (Phi) is 7.74. The largest absolute Gasteiger partial charge is 0.390 e. The smallest absolute Gasteiger partial charge is 0.389 e. The summed E-state index contributed by atoms with van der Waals surface area (Å²) in [6, 6.07) is -0.699. The van der Waals surface area contributed by atoms with Crippen LogP contribution in [0, 0.1) is 5.92 Å². The molecule has 2 N–H and O–H groups in total. The standard InChI is InChI=1S/C11H22F3NO2/c1-8(2)6-17-7-10(16)5-15-9(3)4-11(12,13)14/h8-10,15-16H,4-7H2,1-3H3. The lowest BCUT2D eigenvalue weighted by atomic mass is 10.2. The van der Waals surface area contributed by atoms with Gasteiger partial charge in [0.15, 0.2) is 0 Å². The molecule has 2 unspecified atom stereocenters. The number of rotatable bonds is 8. The van der Waals surface area contributed by atoms with Gasteiger partial charge < -0.3 is 15.2 Å². The lowest BCUT2D eigenvalue weighted by molar-refractivity contribution is -0.139. The molecule has 17 heavy (non-hydrogen) atoms. The summed E-state index contributed by atoms with van der Waals surface area (Å²) in [6.45, 7) is 6.19. The van der Waals surface area contributed by atoms with Crippen molar-refractivity contribution in [2.24, 2.45) is 5.92 Å². The van der Waals surface area contributed by atoms with E-state index in [-0.39, 0.29) is 13.2 Å². The molecular weight excluding hydrogens is 235 g/mol. The molecule has 0 fully saturated rings. The first-order chi connectivity index (χ1) is 7.70. The second-order valence-electron chi connectivity index (χ2n) is 4.71. The van der Waals surface area contributed by atoms with Crippen molar-refractivity contribution in [1.82, 2.24) is 5.32 Å². The molecule has 0 rings (SSSR count). The maximum atomic E-state index is 12.0. The van der Waals surface area contributed by atoms with Crippen molar-refractivity contribution in [2.75, 3.05) is 19.8 Å². The fourth-order valence-electron chi connectivity index (χ4n) is 1.26. The maximum Gasteiger partial charge on any atom is 0.390 e. The Hall–Kier alpha value is -0.330. The molecule has 3 nitrogen and oxygen atoms in total. The first-order valence-corrected chi connectivity index (χ1v) is 5.76. The van der Waals surface area contributed by atoms with E-state index in [1.54, 1.807) is 0 Å². The molecule has 104 valence electrons. The third-order valence-corrected chi connectivity index (χ3v) is 2.00. The Bertz CT molecular complexity index is 198. The van der Waals surface area contributed by atoms with E-state index in [4.69, 9.17) is 4.74 Å². The van der Waals surface area contributed by atoms with Gasteiger partial charge in [0.2, 0.25) is 0 Å². The maximum absolute atomic E-state index is 12.0. The van der Waals surface area contributed by atoms with Crippen molar-refractivity contribution in [3.05, 3.63) is 0 Å². The predicted molar refractivity (Wildman–Crippen MR) is 59.8 cm³/mol. The van der Waals surface area contributed by atoms with Crippen LogP contribution in [0.2, 0.25) is 0 Å². The molecule has 0 aliphatic carbocycles. The third kappa shape index (κ3) is 11.9. The minimum Gasteiger partial charge on any atom is -0.389 e. The Labute approximate surface area is 100 Å². The van der Waals surface area contributed by atoms with E-state index in [9.17, 15) is 18.3 Å². The molecule has 0 aromatic heterocycles. The van der Waals surface area contributed by atoms with Crippen LogP contribution in [0.5, 0.6) is 0 Å². The van der Waals surface area contributed by atoms with Crippen molar-refractivity contribution in [2.45, 2.75) is 45.5 Å². The van der Waals surface area contributed by atoms with E-state index in [0.29, 0.717) is 12.5 Å². The van der Waals surface area contributed by atoms with Gasteiger partial charge in [0.25, 0.3) is 0 Å². The normalized spacial score (nSPS) is 16.2. The number of halogens is 3. The number of hydrogen-bond donors (Lipinski definition) is 2. The van der Waals surface area contributed by atoms with Gasteiger partial charge >= 0.3 is 6.18 Å². The van der Waals surface area contributed by atoms with Gasteiger partial charge in [-0.25, -0.2) is 0 Å². The molecule has 6 heteroatoms. The summed E-state index contributed by atoms with van der Waals surface area (Å²) < 4.78 is 41.2. The van der Waals surface area contributed by atoms with Crippen LogP contribution in [0.1, 0.15) is 27.2 Å². The summed E-state index contributed by atoms with van der Waals surface area (Å²) in [7, 11) is 0. The van der Waals surface area contributed by atoms with Crippen LogP contribution < -0.4 is 5.32 Å². The zero-order chi connectivity index (χ0) is 13.5. The van der Waals surface area contributed by atoms with Gasteiger partial charge in [-0.3, -0.25) is 0 Å². The fraction of sp³-hybridized carbons (Fsp3) is 1.00. The van der Waals surface area contributed by atoms with Gasteiger partial charge in [0, 0.05) is 19.2 Å². The first-order valence-electron chi connectivity index (χ1n) is 5.76. The van der Waals surface area contributed by atoms with Crippen LogP contribution >= 0.6 is 0 Å². The molecule has 0 saturated carbocycles. The van der Waals surface area contributed by atoms with Crippen molar-refractivity contribution in [1.29, 1.82) is 0 Å². The van der Waals surface area contributed by atoms with E-state index < -0.39 is 24.7 Å². The molecule has 0 aromatic carbocycles.